The lowest BCUT2D eigenvalue weighted by Crippen LogP contribution is -2.39. The molecule has 27 heavy (non-hydrogen) atoms. The molecule has 3 amide bonds. The second-order valence-corrected chi connectivity index (χ2v) is 6.65. The van der Waals surface area contributed by atoms with E-state index in [0.29, 0.717) is 30.7 Å². The van der Waals surface area contributed by atoms with Crippen LogP contribution in [0.3, 0.4) is 0 Å². The highest BCUT2D eigenvalue weighted by Crippen LogP contribution is 2.22. The van der Waals surface area contributed by atoms with Gasteiger partial charge in [0.05, 0.1) is 24.2 Å². The maximum Gasteiger partial charge on any atom is 0.307 e. The Balaban J connectivity index is 1.86. The van der Waals surface area contributed by atoms with Gasteiger partial charge in [-0.3, -0.25) is 24.1 Å². The van der Waals surface area contributed by atoms with Gasteiger partial charge in [-0.05, 0) is 39.3 Å². The molecular formula is C20H26N2O5. The first-order chi connectivity index (χ1) is 12.9. The third kappa shape index (κ3) is 4.93. The lowest BCUT2D eigenvalue weighted by atomic mass is 10.1. The standard InChI is InChI=1S/C20H26N2O5/c1-4-27-18(24)11-13-21(14(2)3)17(23)10-7-12-22-19(25)15-8-5-6-9-16(15)20(22)26/h5-6,8-9,14H,4,7,10-13H2,1-3H3. The second-order valence-electron chi connectivity index (χ2n) is 6.65. The third-order valence-electron chi connectivity index (χ3n) is 4.46. The van der Waals surface area contributed by atoms with E-state index in [1.807, 2.05) is 13.8 Å². The summed E-state index contributed by atoms with van der Waals surface area (Å²) in [4.78, 5) is 51.5. The normalized spacial score (nSPS) is 13.1. The molecule has 1 aromatic carbocycles. The van der Waals surface area contributed by atoms with Crippen molar-refractivity contribution < 1.29 is 23.9 Å². The Morgan fingerprint density at radius 3 is 2.19 bits per heavy atom. The fourth-order valence-electron chi connectivity index (χ4n) is 3.09. The summed E-state index contributed by atoms with van der Waals surface area (Å²) >= 11 is 0. The van der Waals surface area contributed by atoms with Crippen molar-refractivity contribution in [3.63, 3.8) is 0 Å². The number of imide groups is 1. The molecule has 1 heterocycles. The van der Waals surface area contributed by atoms with Crippen LogP contribution in [0.5, 0.6) is 0 Å². The molecular weight excluding hydrogens is 348 g/mol. The van der Waals surface area contributed by atoms with Gasteiger partial charge >= 0.3 is 5.97 Å². The molecule has 0 saturated heterocycles. The second kappa shape index (κ2) is 9.30. The number of ether oxygens (including phenoxy) is 1. The molecule has 0 saturated carbocycles. The molecule has 1 aromatic rings. The molecule has 0 N–H and O–H groups in total. The molecule has 1 aliphatic heterocycles. The van der Waals surface area contributed by atoms with Crippen LogP contribution in [0, 0.1) is 0 Å². The Labute approximate surface area is 159 Å². The lowest BCUT2D eigenvalue weighted by Gasteiger charge is -2.26. The topological polar surface area (TPSA) is 84.0 Å². The maximum atomic E-state index is 12.5. The minimum absolute atomic E-state index is 0.0498. The number of nitrogens with zero attached hydrogens (tertiary/aromatic N) is 2. The van der Waals surface area contributed by atoms with Crippen LogP contribution in [0.2, 0.25) is 0 Å². The number of esters is 1. The minimum Gasteiger partial charge on any atom is -0.466 e. The van der Waals surface area contributed by atoms with Crippen molar-refractivity contribution in [3.8, 4) is 0 Å². The average Bonchev–Trinajstić information content (AvgIpc) is 2.87. The van der Waals surface area contributed by atoms with Crippen LogP contribution >= 0.6 is 0 Å². The van der Waals surface area contributed by atoms with Crippen molar-refractivity contribution in [2.24, 2.45) is 0 Å². The third-order valence-corrected chi connectivity index (χ3v) is 4.46. The van der Waals surface area contributed by atoms with Crippen LogP contribution in [-0.4, -0.2) is 59.2 Å². The highest BCUT2D eigenvalue weighted by molar-refractivity contribution is 6.21. The van der Waals surface area contributed by atoms with Crippen LogP contribution < -0.4 is 0 Å². The number of carbonyl (C=O) groups is 4. The molecule has 0 aromatic heterocycles. The summed E-state index contributed by atoms with van der Waals surface area (Å²) in [6, 6.07) is 6.67. The van der Waals surface area contributed by atoms with Crippen molar-refractivity contribution in [2.75, 3.05) is 19.7 Å². The van der Waals surface area contributed by atoms with Crippen LogP contribution in [0.25, 0.3) is 0 Å². The number of carbonyl (C=O) groups excluding carboxylic acids is 4. The van der Waals surface area contributed by atoms with Crippen molar-refractivity contribution in [1.82, 2.24) is 9.80 Å². The first-order valence-electron chi connectivity index (χ1n) is 9.27. The van der Waals surface area contributed by atoms with E-state index in [9.17, 15) is 19.2 Å². The van der Waals surface area contributed by atoms with E-state index in [1.165, 1.54) is 4.90 Å². The van der Waals surface area contributed by atoms with E-state index in [-0.39, 0.29) is 49.1 Å². The molecule has 1 aliphatic rings. The van der Waals surface area contributed by atoms with Crippen molar-refractivity contribution in [3.05, 3.63) is 35.4 Å². The van der Waals surface area contributed by atoms with Gasteiger partial charge in [-0.2, -0.15) is 0 Å². The van der Waals surface area contributed by atoms with Gasteiger partial charge in [0.15, 0.2) is 0 Å². The lowest BCUT2D eigenvalue weighted by molar-refractivity contribution is -0.144. The number of hydrogen-bond acceptors (Lipinski definition) is 5. The van der Waals surface area contributed by atoms with Gasteiger partial charge in [0.2, 0.25) is 5.91 Å². The summed E-state index contributed by atoms with van der Waals surface area (Å²) in [5.41, 5.74) is 0.819. The van der Waals surface area contributed by atoms with Crippen molar-refractivity contribution in [2.45, 2.75) is 46.1 Å². The number of rotatable bonds is 9. The molecule has 7 nitrogen and oxygen atoms in total. The summed E-state index contributed by atoms with van der Waals surface area (Å²) in [5, 5.41) is 0. The Morgan fingerprint density at radius 2 is 1.67 bits per heavy atom. The SMILES string of the molecule is CCOC(=O)CCN(C(=O)CCCN1C(=O)c2ccccc2C1=O)C(C)C. The zero-order valence-corrected chi connectivity index (χ0v) is 16.1. The van der Waals surface area contributed by atoms with Crippen LogP contribution in [0.4, 0.5) is 0 Å². The van der Waals surface area contributed by atoms with Gasteiger partial charge in [0.1, 0.15) is 0 Å². The van der Waals surface area contributed by atoms with E-state index in [4.69, 9.17) is 4.74 Å². The highest BCUT2D eigenvalue weighted by Gasteiger charge is 2.34. The van der Waals surface area contributed by atoms with Gasteiger partial charge in [-0.25, -0.2) is 0 Å². The van der Waals surface area contributed by atoms with Crippen LogP contribution in [0.1, 0.15) is 60.7 Å². The first kappa shape index (κ1) is 20.6. The summed E-state index contributed by atoms with van der Waals surface area (Å²) in [6.45, 7) is 6.31. The summed E-state index contributed by atoms with van der Waals surface area (Å²) in [7, 11) is 0. The fraction of sp³-hybridized carbons (Fsp3) is 0.500. The molecule has 0 atom stereocenters. The summed E-state index contributed by atoms with van der Waals surface area (Å²) in [5.74, 6) is -1.06. The molecule has 0 bridgehead atoms. The molecule has 2 rings (SSSR count). The molecule has 0 unspecified atom stereocenters. The maximum absolute atomic E-state index is 12.5. The molecule has 0 spiro atoms. The molecule has 0 aliphatic carbocycles. The van der Waals surface area contributed by atoms with E-state index >= 15 is 0 Å². The van der Waals surface area contributed by atoms with Gasteiger partial charge < -0.3 is 9.64 Å². The van der Waals surface area contributed by atoms with E-state index < -0.39 is 0 Å². The Hall–Kier alpha value is -2.70. The van der Waals surface area contributed by atoms with Gasteiger partial charge in [0, 0.05) is 25.6 Å². The average molecular weight is 374 g/mol. The zero-order valence-electron chi connectivity index (χ0n) is 16.1. The summed E-state index contributed by atoms with van der Waals surface area (Å²) in [6.07, 6.45) is 0.734. The molecule has 7 heteroatoms. The molecule has 146 valence electrons. The zero-order chi connectivity index (χ0) is 20.0. The van der Waals surface area contributed by atoms with Gasteiger partial charge in [0.25, 0.3) is 11.8 Å². The quantitative estimate of drug-likeness (QED) is 0.489. The predicted octanol–water partition coefficient (Wildman–Crippen LogP) is 2.25. The number of fused-ring (bicyclic) bond motifs is 1. The predicted molar refractivity (Wildman–Crippen MR) is 99.1 cm³/mol. The Morgan fingerprint density at radius 1 is 1.07 bits per heavy atom. The highest BCUT2D eigenvalue weighted by atomic mass is 16.5. The number of amides is 3. The van der Waals surface area contributed by atoms with Crippen molar-refractivity contribution in [1.29, 1.82) is 0 Å². The Kier molecular flexibility index (Phi) is 7.10. The smallest absolute Gasteiger partial charge is 0.307 e. The molecule has 0 radical (unpaired) electrons. The molecule has 0 fully saturated rings. The minimum atomic E-state index is -0.332. The largest absolute Gasteiger partial charge is 0.466 e. The van der Waals surface area contributed by atoms with Gasteiger partial charge in [-0.15, -0.1) is 0 Å². The number of benzene rings is 1. The van der Waals surface area contributed by atoms with Crippen molar-refractivity contribution >= 4 is 23.7 Å². The van der Waals surface area contributed by atoms with E-state index in [2.05, 4.69) is 0 Å². The summed E-state index contributed by atoms with van der Waals surface area (Å²) < 4.78 is 4.90. The Bertz CT molecular complexity index is 694. The first-order valence-corrected chi connectivity index (χ1v) is 9.27. The van der Waals surface area contributed by atoms with Crippen LogP contribution in [0.15, 0.2) is 24.3 Å². The van der Waals surface area contributed by atoms with Crippen LogP contribution in [-0.2, 0) is 14.3 Å². The fourth-order valence-corrected chi connectivity index (χ4v) is 3.09. The van der Waals surface area contributed by atoms with Gasteiger partial charge in [-0.1, -0.05) is 12.1 Å². The monoisotopic (exact) mass is 374 g/mol. The number of hydrogen-bond donors (Lipinski definition) is 0. The van der Waals surface area contributed by atoms with E-state index in [1.54, 1.807) is 36.1 Å². The van der Waals surface area contributed by atoms with E-state index in [0.717, 1.165) is 0 Å².